The van der Waals surface area contributed by atoms with Gasteiger partial charge in [0.15, 0.2) is 33.6 Å². The Morgan fingerprint density at radius 1 is 1.24 bits per heavy atom. The van der Waals surface area contributed by atoms with Crippen molar-refractivity contribution >= 4 is 56.7 Å². The summed E-state index contributed by atoms with van der Waals surface area (Å²) >= 11 is 5.11. The van der Waals surface area contributed by atoms with Crippen molar-refractivity contribution in [1.82, 2.24) is 29.3 Å². The van der Waals surface area contributed by atoms with Crippen LogP contribution in [0.25, 0.3) is 11.2 Å². The maximum atomic E-state index is 12.5. The standard InChI is InChI=1S/C24H28BrN7O5S/c1-30(24(34)35)6-5-19(33)31-7-2-14(3-8-31)4-9-32-22-20(21(26)27-12-28-22)29-23(32)38-18-11-17-16(10-15(18)25)36-13-37-17/h10-12,14H,2-9,13H2,1H3,(H,34,35)(H2,26,27,28). The summed E-state index contributed by atoms with van der Waals surface area (Å²) in [4.78, 5) is 40.7. The fourth-order valence-corrected chi connectivity index (χ4v) is 6.10. The van der Waals surface area contributed by atoms with Gasteiger partial charge in [0.1, 0.15) is 6.33 Å². The molecule has 5 rings (SSSR count). The molecule has 0 spiro atoms. The fraction of sp³-hybridized carbons (Fsp3) is 0.458. The number of halogens is 1. The third-order valence-electron chi connectivity index (χ3n) is 6.87. The number of carboxylic acid groups (broad SMARTS) is 1. The molecule has 12 nitrogen and oxygen atoms in total. The van der Waals surface area contributed by atoms with E-state index in [-0.39, 0.29) is 25.7 Å². The van der Waals surface area contributed by atoms with Crippen LogP contribution in [0.2, 0.25) is 0 Å². The molecule has 0 atom stereocenters. The average molecular weight is 607 g/mol. The number of imidazole rings is 1. The van der Waals surface area contributed by atoms with Gasteiger partial charge in [0.2, 0.25) is 12.7 Å². The normalized spacial score (nSPS) is 15.3. The van der Waals surface area contributed by atoms with Crippen LogP contribution in [-0.2, 0) is 11.3 Å². The molecule has 1 saturated heterocycles. The van der Waals surface area contributed by atoms with E-state index >= 15 is 0 Å². The van der Waals surface area contributed by atoms with Crippen molar-refractivity contribution in [3.8, 4) is 11.5 Å². The lowest BCUT2D eigenvalue weighted by Crippen LogP contribution is -2.40. The number of piperidine rings is 1. The number of fused-ring (bicyclic) bond motifs is 2. The van der Waals surface area contributed by atoms with E-state index in [9.17, 15) is 9.59 Å². The maximum absolute atomic E-state index is 12.5. The predicted octanol–water partition coefficient (Wildman–Crippen LogP) is 3.68. The van der Waals surface area contributed by atoms with Gasteiger partial charge in [-0.2, -0.15) is 0 Å². The zero-order valence-corrected chi connectivity index (χ0v) is 23.2. The van der Waals surface area contributed by atoms with E-state index in [1.807, 2.05) is 17.0 Å². The number of aromatic nitrogens is 4. The van der Waals surface area contributed by atoms with Crippen molar-refractivity contribution in [3.05, 3.63) is 22.9 Å². The third kappa shape index (κ3) is 5.60. The van der Waals surface area contributed by atoms with Gasteiger partial charge in [-0.3, -0.25) is 4.79 Å². The van der Waals surface area contributed by atoms with Gasteiger partial charge in [0, 0.05) is 49.0 Å². The summed E-state index contributed by atoms with van der Waals surface area (Å²) in [6.45, 7) is 2.44. The molecule has 4 heterocycles. The van der Waals surface area contributed by atoms with Crippen molar-refractivity contribution in [2.75, 3.05) is 39.2 Å². The topological polar surface area (TPSA) is 149 Å². The molecule has 0 bridgehead atoms. The molecule has 2 aliphatic heterocycles. The summed E-state index contributed by atoms with van der Waals surface area (Å²) in [6, 6.07) is 3.82. The van der Waals surface area contributed by atoms with E-state index in [1.54, 1.807) is 0 Å². The molecule has 1 fully saturated rings. The maximum Gasteiger partial charge on any atom is 0.407 e. The Hall–Kier alpha value is -3.26. The van der Waals surface area contributed by atoms with Gasteiger partial charge in [-0.25, -0.2) is 19.7 Å². The highest BCUT2D eigenvalue weighted by Crippen LogP contribution is 2.43. The van der Waals surface area contributed by atoms with Gasteiger partial charge in [-0.1, -0.05) is 11.8 Å². The van der Waals surface area contributed by atoms with Crippen LogP contribution in [0.5, 0.6) is 11.5 Å². The van der Waals surface area contributed by atoms with Crippen LogP contribution in [0.3, 0.4) is 0 Å². The molecule has 38 heavy (non-hydrogen) atoms. The summed E-state index contributed by atoms with van der Waals surface area (Å²) in [5, 5.41) is 9.73. The Balaban J connectivity index is 1.25. The van der Waals surface area contributed by atoms with Crippen molar-refractivity contribution in [2.45, 2.75) is 42.3 Å². The molecule has 14 heteroatoms. The molecule has 0 aliphatic carbocycles. The van der Waals surface area contributed by atoms with Crippen molar-refractivity contribution in [2.24, 2.45) is 5.92 Å². The number of likely N-dealkylation sites (tertiary alicyclic amines) is 1. The van der Waals surface area contributed by atoms with E-state index in [0.29, 0.717) is 54.0 Å². The van der Waals surface area contributed by atoms with Crippen LogP contribution < -0.4 is 15.2 Å². The van der Waals surface area contributed by atoms with Crippen LogP contribution in [0.4, 0.5) is 10.6 Å². The Morgan fingerprint density at radius 3 is 2.71 bits per heavy atom. The molecular weight excluding hydrogens is 578 g/mol. The number of hydrogen-bond acceptors (Lipinski definition) is 9. The summed E-state index contributed by atoms with van der Waals surface area (Å²) in [5.74, 6) is 2.16. The number of amides is 2. The average Bonchev–Trinajstić information content (AvgIpc) is 3.50. The molecule has 0 unspecified atom stereocenters. The molecule has 3 aromatic rings. The molecule has 1 aromatic carbocycles. The smallest absolute Gasteiger partial charge is 0.407 e. The first-order valence-corrected chi connectivity index (χ1v) is 13.9. The molecule has 2 aromatic heterocycles. The minimum Gasteiger partial charge on any atom is -0.465 e. The van der Waals surface area contributed by atoms with E-state index < -0.39 is 6.09 Å². The van der Waals surface area contributed by atoms with E-state index in [1.165, 1.54) is 25.1 Å². The molecule has 0 radical (unpaired) electrons. The summed E-state index contributed by atoms with van der Waals surface area (Å²) in [7, 11) is 1.47. The number of anilines is 1. The molecule has 2 aliphatic rings. The highest BCUT2D eigenvalue weighted by Gasteiger charge is 2.25. The lowest BCUT2D eigenvalue weighted by molar-refractivity contribution is -0.132. The molecule has 202 valence electrons. The van der Waals surface area contributed by atoms with Crippen LogP contribution in [0.1, 0.15) is 25.7 Å². The largest absolute Gasteiger partial charge is 0.465 e. The number of aryl methyl sites for hydroxylation is 1. The molecule has 0 saturated carbocycles. The summed E-state index contributed by atoms with van der Waals surface area (Å²) in [5.41, 5.74) is 7.38. The highest BCUT2D eigenvalue weighted by atomic mass is 79.9. The van der Waals surface area contributed by atoms with Gasteiger partial charge in [-0.15, -0.1) is 0 Å². The van der Waals surface area contributed by atoms with E-state index in [4.69, 9.17) is 25.3 Å². The second-order valence-electron chi connectivity index (χ2n) is 9.28. The summed E-state index contributed by atoms with van der Waals surface area (Å²) < 4.78 is 14.0. The number of hydrogen-bond donors (Lipinski definition) is 2. The number of nitrogens with two attached hydrogens (primary N) is 1. The Labute approximate surface area is 231 Å². The van der Waals surface area contributed by atoms with Gasteiger partial charge in [-0.05, 0) is 53.2 Å². The Morgan fingerprint density at radius 2 is 1.97 bits per heavy atom. The van der Waals surface area contributed by atoms with Crippen molar-refractivity contribution in [1.29, 1.82) is 0 Å². The first-order valence-electron chi connectivity index (χ1n) is 12.3. The second kappa shape index (κ2) is 11.2. The van der Waals surface area contributed by atoms with Crippen molar-refractivity contribution in [3.63, 3.8) is 0 Å². The minimum absolute atomic E-state index is 0.00248. The first-order chi connectivity index (χ1) is 18.3. The quantitative estimate of drug-likeness (QED) is 0.389. The van der Waals surface area contributed by atoms with Gasteiger partial charge in [0.05, 0.1) is 0 Å². The van der Waals surface area contributed by atoms with Crippen LogP contribution in [0, 0.1) is 5.92 Å². The van der Waals surface area contributed by atoms with E-state index in [2.05, 4.69) is 30.5 Å². The molecule has 2 amide bonds. The number of nitrogens with zero attached hydrogens (tertiary/aromatic N) is 6. The number of carbonyl (C=O) groups excluding carboxylic acids is 1. The minimum atomic E-state index is -1.03. The zero-order valence-electron chi connectivity index (χ0n) is 20.8. The highest BCUT2D eigenvalue weighted by molar-refractivity contribution is 9.10. The number of benzene rings is 1. The van der Waals surface area contributed by atoms with Crippen LogP contribution in [0.15, 0.2) is 33.0 Å². The number of carbonyl (C=O) groups is 2. The van der Waals surface area contributed by atoms with Crippen LogP contribution >= 0.6 is 27.7 Å². The Kier molecular flexibility index (Phi) is 7.79. The number of ether oxygens (including phenoxy) is 2. The number of rotatable bonds is 8. The summed E-state index contributed by atoms with van der Waals surface area (Å²) in [6.07, 6.45) is 3.30. The van der Waals surface area contributed by atoms with Crippen molar-refractivity contribution < 1.29 is 24.2 Å². The van der Waals surface area contributed by atoms with Gasteiger partial charge < -0.3 is 34.7 Å². The monoisotopic (exact) mass is 605 g/mol. The first kappa shape index (κ1) is 26.4. The SMILES string of the molecule is CN(CCC(=O)N1CCC(CCn2c(Sc3cc4c(cc3Br)OCO4)nc3c(N)ncnc32)CC1)C(=O)O. The molecular formula is C24H28BrN7O5S. The predicted molar refractivity (Wildman–Crippen MR) is 143 cm³/mol. The third-order valence-corrected chi connectivity index (χ3v) is 8.84. The lowest BCUT2D eigenvalue weighted by Gasteiger charge is -2.32. The number of nitrogen functional groups attached to an aromatic ring is 1. The second-order valence-corrected chi connectivity index (χ2v) is 11.1. The molecule has 3 N–H and O–H groups in total. The van der Waals surface area contributed by atoms with Gasteiger partial charge in [0.25, 0.3) is 0 Å². The Bertz CT molecular complexity index is 1360. The fourth-order valence-electron chi connectivity index (χ4n) is 4.59. The van der Waals surface area contributed by atoms with E-state index in [0.717, 1.165) is 38.7 Å². The van der Waals surface area contributed by atoms with Crippen LogP contribution in [-0.4, -0.2) is 79.9 Å². The zero-order chi connectivity index (χ0) is 26.8. The lowest BCUT2D eigenvalue weighted by atomic mass is 9.93. The van der Waals surface area contributed by atoms with Gasteiger partial charge >= 0.3 is 6.09 Å².